The zero-order chi connectivity index (χ0) is 23.4. The second kappa shape index (κ2) is 9.90. The molecule has 1 atom stereocenters. The van der Waals surface area contributed by atoms with Gasteiger partial charge in [0.2, 0.25) is 5.91 Å². The van der Waals surface area contributed by atoms with E-state index in [-0.39, 0.29) is 23.7 Å². The lowest BCUT2D eigenvalue weighted by molar-refractivity contribution is -0.124. The fourth-order valence-electron chi connectivity index (χ4n) is 4.05. The molecule has 2 aromatic carbocycles. The molecule has 1 fully saturated rings. The van der Waals surface area contributed by atoms with Crippen molar-refractivity contribution in [3.05, 3.63) is 71.5 Å². The summed E-state index contributed by atoms with van der Waals surface area (Å²) >= 11 is 0. The van der Waals surface area contributed by atoms with Crippen LogP contribution in [0.2, 0.25) is 0 Å². The van der Waals surface area contributed by atoms with Crippen LogP contribution in [0.25, 0.3) is 11.1 Å². The van der Waals surface area contributed by atoms with Gasteiger partial charge in [0, 0.05) is 25.3 Å². The number of ether oxygens (including phenoxy) is 1. The van der Waals surface area contributed by atoms with Crippen molar-refractivity contribution >= 4 is 11.8 Å². The number of methoxy groups -OCH3 is 1. The van der Waals surface area contributed by atoms with Crippen molar-refractivity contribution < 1.29 is 14.3 Å². The number of rotatable bonds is 6. The molecule has 2 heterocycles. The Kier molecular flexibility index (Phi) is 6.77. The molecule has 0 aliphatic carbocycles. The van der Waals surface area contributed by atoms with Crippen LogP contribution >= 0.6 is 0 Å². The van der Waals surface area contributed by atoms with Gasteiger partial charge in [0.15, 0.2) is 0 Å². The summed E-state index contributed by atoms with van der Waals surface area (Å²) in [4.78, 5) is 27.4. The smallest absolute Gasteiger partial charge is 0.274 e. The van der Waals surface area contributed by atoms with Gasteiger partial charge < -0.3 is 15.0 Å². The normalized spacial score (nSPS) is 16.4. The Labute approximate surface area is 194 Å². The van der Waals surface area contributed by atoms with Crippen molar-refractivity contribution in [2.45, 2.75) is 26.2 Å². The van der Waals surface area contributed by atoms with Gasteiger partial charge in [-0.15, -0.1) is 0 Å². The summed E-state index contributed by atoms with van der Waals surface area (Å²) in [5.74, 6) is 0.611. The van der Waals surface area contributed by atoms with E-state index in [0.29, 0.717) is 31.7 Å². The van der Waals surface area contributed by atoms with Crippen LogP contribution in [0.15, 0.2) is 54.6 Å². The van der Waals surface area contributed by atoms with Crippen molar-refractivity contribution in [1.82, 2.24) is 20.4 Å². The molecule has 1 aromatic heterocycles. The maximum absolute atomic E-state index is 13.0. The predicted molar refractivity (Wildman–Crippen MR) is 127 cm³/mol. The Hall–Kier alpha value is -3.61. The highest BCUT2D eigenvalue weighted by molar-refractivity contribution is 5.93. The van der Waals surface area contributed by atoms with E-state index >= 15 is 0 Å². The standard InChI is InChI=1S/C26H30N4O3/c1-17(2)23-15-24(29-28-23)26(32)30-13-12-27-25(31)21(16-30)14-18-4-6-19(7-5-18)20-8-10-22(33-3)11-9-20/h4-11,15,17,21H,12-14,16H2,1-3H3,(H,27,31)(H,28,29)/t21-/m0/s1. The van der Waals surface area contributed by atoms with Gasteiger partial charge in [-0.05, 0) is 47.2 Å². The monoisotopic (exact) mass is 446 g/mol. The Balaban J connectivity index is 1.45. The SMILES string of the molecule is COc1ccc(-c2ccc(C[C@H]3CN(C(=O)c4cc(C(C)C)[nH]n4)CCNC3=O)cc2)cc1. The number of hydrogen-bond acceptors (Lipinski definition) is 4. The number of nitrogens with zero attached hydrogens (tertiary/aromatic N) is 2. The molecule has 172 valence electrons. The number of aromatic amines is 1. The lowest BCUT2D eigenvalue weighted by Gasteiger charge is -2.22. The molecular formula is C26H30N4O3. The molecule has 4 rings (SSSR count). The first-order chi connectivity index (χ1) is 15.9. The van der Waals surface area contributed by atoms with Crippen LogP contribution in [-0.2, 0) is 11.2 Å². The van der Waals surface area contributed by atoms with Gasteiger partial charge in [-0.2, -0.15) is 5.10 Å². The zero-order valence-corrected chi connectivity index (χ0v) is 19.3. The van der Waals surface area contributed by atoms with Crippen LogP contribution in [0, 0.1) is 5.92 Å². The van der Waals surface area contributed by atoms with E-state index in [4.69, 9.17) is 4.74 Å². The van der Waals surface area contributed by atoms with Crippen LogP contribution < -0.4 is 10.1 Å². The molecule has 0 spiro atoms. The molecular weight excluding hydrogens is 416 g/mol. The van der Waals surface area contributed by atoms with Gasteiger partial charge in [0.1, 0.15) is 11.4 Å². The summed E-state index contributed by atoms with van der Waals surface area (Å²) < 4.78 is 5.22. The number of nitrogens with one attached hydrogen (secondary N) is 2. The first-order valence-electron chi connectivity index (χ1n) is 11.3. The zero-order valence-electron chi connectivity index (χ0n) is 19.3. The molecule has 7 heteroatoms. The van der Waals surface area contributed by atoms with Gasteiger partial charge in [0.05, 0.1) is 13.0 Å². The largest absolute Gasteiger partial charge is 0.497 e. The molecule has 0 saturated carbocycles. The summed E-state index contributed by atoms with van der Waals surface area (Å²) in [6, 6.07) is 17.9. The first-order valence-corrected chi connectivity index (χ1v) is 11.3. The number of amides is 2. The third-order valence-electron chi connectivity index (χ3n) is 6.08. The maximum atomic E-state index is 13.0. The van der Waals surface area contributed by atoms with Crippen LogP contribution in [0.1, 0.15) is 41.5 Å². The highest BCUT2D eigenvalue weighted by atomic mass is 16.5. The molecule has 0 unspecified atom stereocenters. The number of hydrogen-bond donors (Lipinski definition) is 2. The molecule has 0 radical (unpaired) electrons. The predicted octanol–water partition coefficient (Wildman–Crippen LogP) is 3.64. The van der Waals surface area contributed by atoms with Crippen LogP contribution in [0.3, 0.4) is 0 Å². The lowest BCUT2D eigenvalue weighted by atomic mass is 9.96. The molecule has 33 heavy (non-hydrogen) atoms. The number of carbonyl (C=O) groups excluding carboxylic acids is 2. The Morgan fingerprint density at radius 3 is 2.39 bits per heavy atom. The highest BCUT2D eigenvalue weighted by Gasteiger charge is 2.29. The molecule has 2 amide bonds. The fraction of sp³-hybridized carbons (Fsp3) is 0.346. The summed E-state index contributed by atoms with van der Waals surface area (Å²) in [7, 11) is 1.65. The molecule has 2 N–H and O–H groups in total. The van der Waals surface area contributed by atoms with E-state index in [9.17, 15) is 9.59 Å². The van der Waals surface area contributed by atoms with Gasteiger partial charge in [-0.25, -0.2) is 0 Å². The molecule has 1 saturated heterocycles. The number of benzene rings is 2. The van der Waals surface area contributed by atoms with Crippen LogP contribution in [0.5, 0.6) is 5.75 Å². The van der Waals surface area contributed by atoms with Crippen molar-refractivity contribution in [2.24, 2.45) is 5.92 Å². The van der Waals surface area contributed by atoms with E-state index in [1.54, 1.807) is 18.1 Å². The summed E-state index contributed by atoms with van der Waals surface area (Å²) in [6.45, 7) is 5.38. The average Bonchev–Trinajstić information content (AvgIpc) is 3.26. The molecule has 7 nitrogen and oxygen atoms in total. The minimum absolute atomic E-state index is 0.0190. The van der Waals surface area contributed by atoms with Crippen molar-refractivity contribution in [2.75, 3.05) is 26.7 Å². The van der Waals surface area contributed by atoms with E-state index in [1.807, 2.05) is 50.2 Å². The number of aromatic nitrogens is 2. The van der Waals surface area contributed by atoms with Gasteiger partial charge in [0.25, 0.3) is 5.91 Å². The second-order valence-electron chi connectivity index (χ2n) is 8.73. The van der Waals surface area contributed by atoms with Crippen LogP contribution in [0.4, 0.5) is 0 Å². The Morgan fingerprint density at radius 1 is 1.12 bits per heavy atom. The van der Waals surface area contributed by atoms with Gasteiger partial charge >= 0.3 is 0 Å². The van der Waals surface area contributed by atoms with Gasteiger partial charge in [-0.1, -0.05) is 50.2 Å². The topological polar surface area (TPSA) is 87.3 Å². The molecule has 1 aliphatic rings. The number of H-pyrrole nitrogens is 1. The first kappa shape index (κ1) is 22.6. The van der Waals surface area contributed by atoms with E-state index < -0.39 is 0 Å². The quantitative estimate of drug-likeness (QED) is 0.605. The van der Waals surface area contributed by atoms with E-state index in [0.717, 1.165) is 28.1 Å². The minimum atomic E-state index is -0.313. The van der Waals surface area contributed by atoms with Crippen LogP contribution in [-0.4, -0.2) is 53.7 Å². The lowest BCUT2D eigenvalue weighted by Crippen LogP contribution is -2.37. The summed E-state index contributed by atoms with van der Waals surface area (Å²) in [5.41, 5.74) is 4.59. The molecule has 1 aliphatic heterocycles. The van der Waals surface area contributed by atoms with E-state index in [2.05, 4.69) is 27.6 Å². The number of carbonyl (C=O) groups is 2. The maximum Gasteiger partial charge on any atom is 0.274 e. The summed E-state index contributed by atoms with van der Waals surface area (Å²) in [5, 5.41) is 10.1. The van der Waals surface area contributed by atoms with E-state index in [1.165, 1.54) is 0 Å². The average molecular weight is 447 g/mol. The molecule has 3 aromatic rings. The molecule has 0 bridgehead atoms. The summed E-state index contributed by atoms with van der Waals surface area (Å²) in [6.07, 6.45) is 0.566. The van der Waals surface area contributed by atoms with Crippen molar-refractivity contribution in [3.8, 4) is 16.9 Å². The van der Waals surface area contributed by atoms with Gasteiger partial charge in [-0.3, -0.25) is 14.7 Å². The Bertz CT molecular complexity index is 1100. The van der Waals surface area contributed by atoms with Crippen molar-refractivity contribution in [1.29, 1.82) is 0 Å². The fourth-order valence-corrected chi connectivity index (χ4v) is 4.05. The highest BCUT2D eigenvalue weighted by Crippen LogP contribution is 2.24. The van der Waals surface area contributed by atoms with Crippen molar-refractivity contribution in [3.63, 3.8) is 0 Å². The Morgan fingerprint density at radius 2 is 1.79 bits per heavy atom. The minimum Gasteiger partial charge on any atom is -0.497 e. The third kappa shape index (κ3) is 5.25. The second-order valence-corrected chi connectivity index (χ2v) is 8.73. The third-order valence-corrected chi connectivity index (χ3v) is 6.08.